The van der Waals surface area contributed by atoms with Gasteiger partial charge < -0.3 is 4.74 Å². The molecule has 0 aromatic rings. The lowest BCUT2D eigenvalue weighted by Gasteiger charge is -2.41. The van der Waals surface area contributed by atoms with Crippen molar-refractivity contribution in [2.24, 2.45) is 11.3 Å². The highest BCUT2D eigenvalue weighted by atomic mass is 16.5. The zero-order valence-corrected chi connectivity index (χ0v) is 11.0. The summed E-state index contributed by atoms with van der Waals surface area (Å²) in [6, 6.07) is 0. The molecule has 2 rings (SSSR count). The molecule has 2 aliphatic rings. The number of hydrogen-bond acceptors (Lipinski definition) is 2. The maximum atomic E-state index is 11.9. The number of Topliss-reactive ketones (excluding diaryl/α,β-unsaturated/α-hetero) is 1. The van der Waals surface area contributed by atoms with Crippen LogP contribution in [0.4, 0.5) is 0 Å². The summed E-state index contributed by atoms with van der Waals surface area (Å²) < 4.78 is 6.17. The average molecular weight is 224 g/mol. The molecule has 0 bridgehead atoms. The molecule has 0 radical (unpaired) electrons. The van der Waals surface area contributed by atoms with Gasteiger partial charge in [0.15, 0.2) is 0 Å². The quantitative estimate of drug-likeness (QED) is 0.683. The maximum Gasteiger partial charge on any atom is 0.136 e. The third kappa shape index (κ3) is 2.04. The van der Waals surface area contributed by atoms with Crippen LogP contribution >= 0.6 is 0 Å². The van der Waals surface area contributed by atoms with E-state index in [9.17, 15) is 4.79 Å². The second kappa shape index (κ2) is 3.83. The van der Waals surface area contributed by atoms with Crippen LogP contribution in [0.3, 0.4) is 0 Å². The number of hydrogen-bond donors (Lipinski definition) is 0. The van der Waals surface area contributed by atoms with Crippen LogP contribution in [0, 0.1) is 11.3 Å². The largest absolute Gasteiger partial charge is 0.372 e. The van der Waals surface area contributed by atoms with Gasteiger partial charge in [-0.1, -0.05) is 6.92 Å². The number of ketones is 1. The minimum Gasteiger partial charge on any atom is -0.372 e. The van der Waals surface area contributed by atoms with Crippen LogP contribution < -0.4 is 0 Å². The predicted molar refractivity (Wildman–Crippen MR) is 64.3 cm³/mol. The van der Waals surface area contributed by atoms with E-state index < -0.39 is 0 Å². The first kappa shape index (κ1) is 12.1. The number of rotatable bonds is 1. The molecular weight excluding hydrogens is 200 g/mol. The molecule has 0 saturated heterocycles. The van der Waals surface area contributed by atoms with Gasteiger partial charge in [0.05, 0.1) is 11.7 Å². The van der Waals surface area contributed by atoms with Crippen molar-refractivity contribution >= 4 is 5.78 Å². The SMILES string of the molecule is CC(C)(C)O[C@H]1CC[C@H]2C(=O)CCC[C@]12C. The van der Waals surface area contributed by atoms with Gasteiger partial charge in [-0.25, -0.2) is 0 Å². The number of fused-ring (bicyclic) bond motifs is 1. The Morgan fingerprint density at radius 2 is 2.00 bits per heavy atom. The summed E-state index contributed by atoms with van der Waals surface area (Å²) in [6.07, 6.45) is 5.38. The first-order chi connectivity index (χ1) is 7.33. The Balaban J connectivity index is 2.15. The molecule has 0 aromatic carbocycles. The topological polar surface area (TPSA) is 26.3 Å². The highest BCUT2D eigenvalue weighted by Crippen LogP contribution is 2.52. The van der Waals surface area contributed by atoms with Crippen molar-refractivity contribution in [2.75, 3.05) is 0 Å². The molecule has 0 unspecified atom stereocenters. The Morgan fingerprint density at radius 3 is 2.62 bits per heavy atom. The molecule has 0 spiro atoms. The average Bonchev–Trinajstić information content (AvgIpc) is 2.42. The molecule has 2 saturated carbocycles. The van der Waals surface area contributed by atoms with Crippen LogP contribution in [0.1, 0.15) is 59.8 Å². The summed E-state index contributed by atoms with van der Waals surface area (Å²) in [6.45, 7) is 8.58. The second-order valence-corrected chi connectivity index (χ2v) is 6.67. The van der Waals surface area contributed by atoms with Crippen molar-refractivity contribution in [1.29, 1.82) is 0 Å². The molecule has 0 aliphatic heterocycles. The molecule has 2 fully saturated rings. The number of ether oxygens (including phenoxy) is 1. The molecule has 0 aromatic heterocycles. The van der Waals surface area contributed by atoms with Crippen molar-refractivity contribution in [3.8, 4) is 0 Å². The van der Waals surface area contributed by atoms with Gasteiger partial charge in [0.25, 0.3) is 0 Å². The molecule has 0 amide bonds. The van der Waals surface area contributed by atoms with Crippen LogP contribution in [-0.4, -0.2) is 17.5 Å². The first-order valence-corrected chi connectivity index (χ1v) is 6.53. The van der Waals surface area contributed by atoms with Crippen molar-refractivity contribution in [2.45, 2.75) is 71.5 Å². The van der Waals surface area contributed by atoms with E-state index in [4.69, 9.17) is 4.74 Å². The fraction of sp³-hybridized carbons (Fsp3) is 0.929. The summed E-state index contributed by atoms with van der Waals surface area (Å²) in [7, 11) is 0. The molecule has 0 heterocycles. The molecule has 16 heavy (non-hydrogen) atoms. The third-order valence-electron chi connectivity index (χ3n) is 4.27. The van der Waals surface area contributed by atoms with Gasteiger partial charge in [0.2, 0.25) is 0 Å². The normalized spacial score (nSPS) is 39.9. The van der Waals surface area contributed by atoms with Crippen molar-refractivity contribution in [3.63, 3.8) is 0 Å². The van der Waals surface area contributed by atoms with Crippen molar-refractivity contribution in [3.05, 3.63) is 0 Å². The van der Waals surface area contributed by atoms with Gasteiger partial charge in [0, 0.05) is 17.8 Å². The lowest BCUT2D eigenvalue weighted by molar-refractivity contribution is -0.141. The Hall–Kier alpha value is -0.370. The van der Waals surface area contributed by atoms with E-state index >= 15 is 0 Å². The van der Waals surface area contributed by atoms with Crippen LogP contribution in [0.15, 0.2) is 0 Å². The zero-order chi connectivity index (χ0) is 12.0. The van der Waals surface area contributed by atoms with Crippen LogP contribution in [0.25, 0.3) is 0 Å². The molecule has 2 heteroatoms. The van der Waals surface area contributed by atoms with Gasteiger partial charge >= 0.3 is 0 Å². The minimum atomic E-state index is -0.0942. The summed E-state index contributed by atoms with van der Waals surface area (Å²) in [4.78, 5) is 11.9. The Bertz CT molecular complexity index is 290. The molecule has 92 valence electrons. The minimum absolute atomic E-state index is 0.0942. The lowest BCUT2D eigenvalue weighted by atomic mass is 9.68. The summed E-state index contributed by atoms with van der Waals surface area (Å²) in [5.74, 6) is 0.752. The Kier molecular flexibility index (Phi) is 2.90. The van der Waals surface area contributed by atoms with Crippen LogP contribution in [0.5, 0.6) is 0 Å². The molecule has 2 aliphatic carbocycles. The summed E-state index contributed by atoms with van der Waals surface area (Å²) in [5.41, 5.74) is 0.0195. The Morgan fingerprint density at radius 1 is 1.31 bits per heavy atom. The van der Waals surface area contributed by atoms with E-state index in [1.54, 1.807) is 0 Å². The molecule has 3 atom stereocenters. The standard InChI is InChI=1S/C14H24O2/c1-13(2,3)16-12-8-7-10-11(15)6-5-9-14(10,12)4/h10,12H,5-9H2,1-4H3/t10-,12-,14-/m0/s1. The smallest absolute Gasteiger partial charge is 0.136 e. The molecular formula is C14H24O2. The van der Waals surface area contributed by atoms with E-state index in [1.165, 1.54) is 0 Å². The third-order valence-corrected chi connectivity index (χ3v) is 4.27. The van der Waals surface area contributed by atoms with Crippen molar-refractivity contribution < 1.29 is 9.53 Å². The zero-order valence-electron chi connectivity index (χ0n) is 11.0. The summed E-state index contributed by atoms with van der Waals surface area (Å²) >= 11 is 0. The van der Waals surface area contributed by atoms with Gasteiger partial charge in [0.1, 0.15) is 5.78 Å². The van der Waals surface area contributed by atoms with E-state index in [1.807, 2.05) is 0 Å². The highest BCUT2D eigenvalue weighted by molar-refractivity contribution is 5.83. The second-order valence-electron chi connectivity index (χ2n) is 6.67. The first-order valence-electron chi connectivity index (χ1n) is 6.53. The van der Waals surface area contributed by atoms with Crippen LogP contribution in [0.2, 0.25) is 0 Å². The Labute approximate surface area is 98.7 Å². The molecule has 0 N–H and O–H groups in total. The fourth-order valence-corrected chi connectivity index (χ4v) is 3.50. The van der Waals surface area contributed by atoms with Crippen molar-refractivity contribution in [1.82, 2.24) is 0 Å². The van der Waals surface area contributed by atoms with E-state index in [-0.39, 0.29) is 23.0 Å². The van der Waals surface area contributed by atoms with E-state index in [0.717, 1.165) is 32.1 Å². The van der Waals surface area contributed by atoms with Gasteiger partial charge in [-0.3, -0.25) is 4.79 Å². The number of carbonyl (C=O) groups excluding carboxylic acids is 1. The van der Waals surface area contributed by atoms with Crippen LogP contribution in [-0.2, 0) is 9.53 Å². The van der Waals surface area contributed by atoms with Gasteiger partial charge in [-0.05, 0) is 46.5 Å². The monoisotopic (exact) mass is 224 g/mol. The number of carbonyl (C=O) groups is 1. The molecule has 2 nitrogen and oxygen atoms in total. The summed E-state index contributed by atoms with van der Waals surface area (Å²) in [5, 5.41) is 0. The fourth-order valence-electron chi connectivity index (χ4n) is 3.50. The lowest BCUT2D eigenvalue weighted by Crippen LogP contribution is -2.43. The van der Waals surface area contributed by atoms with E-state index in [2.05, 4.69) is 27.7 Å². The maximum absolute atomic E-state index is 11.9. The van der Waals surface area contributed by atoms with E-state index in [0.29, 0.717) is 5.78 Å². The van der Waals surface area contributed by atoms with Gasteiger partial charge in [-0.2, -0.15) is 0 Å². The predicted octanol–water partition coefficient (Wildman–Crippen LogP) is 3.34. The van der Waals surface area contributed by atoms with Gasteiger partial charge in [-0.15, -0.1) is 0 Å². The highest BCUT2D eigenvalue weighted by Gasteiger charge is 2.52.